The van der Waals surface area contributed by atoms with Gasteiger partial charge in [-0.1, -0.05) is 0 Å². The number of hydrogen-bond acceptors (Lipinski definition) is 3. The van der Waals surface area contributed by atoms with E-state index in [1.165, 1.54) is 24.1 Å². The van der Waals surface area contributed by atoms with Crippen molar-refractivity contribution in [2.45, 2.75) is 25.3 Å². The van der Waals surface area contributed by atoms with Crippen molar-refractivity contribution < 1.29 is 13.9 Å². The number of nitrogens with zero attached hydrogens (tertiary/aromatic N) is 1. The molecule has 0 aromatic heterocycles. The van der Waals surface area contributed by atoms with E-state index in [0.717, 1.165) is 19.3 Å². The molecule has 4 unspecified atom stereocenters. The van der Waals surface area contributed by atoms with Crippen LogP contribution in [-0.2, 0) is 4.79 Å². The summed E-state index contributed by atoms with van der Waals surface area (Å²) < 4.78 is 18.7. The van der Waals surface area contributed by atoms with E-state index in [1.54, 1.807) is 13.1 Å². The lowest BCUT2D eigenvalue weighted by Gasteiger charge is -2.30. The summed E-state index contributed by atoms with van der Waals surface area (Å²) in [5.41, 5.74) is 6.75. The second-order valence-corrected chi connectivity index (χ2v) is 6.15. The molecule has 2 aliphatic rings. The number of benzene rings is 1. The number of rotatable bonds is 3. The van der Waals surface area contributed by atoms with Crippen molar-refractivity contribution in [3.05, 3.63) is 24.0 Å². The van der Waals surface area contributed by atoms with Gasteiger partial charge in [-0.25, -0.2) is 4.39 Å². The lowest BCUT2D eigenvalue weighted by molar-refractivity contribution is -0.124. The average Bonchev–Trinajstić information content (AvgIpc) is 3.06. The molecule has 0 saturated heterocycles. The van der Waals surface area contributed by atoms with Crippen LogP contribution in [0.3, 0.4) is 0 Å². The molecule has 0 heterocycles. The molecule has 2 saturated carbocycles. The Bertz CT molecular complexity index is 567. The van der Waals surface area contributed by atoms with Crippen LogP contribution in [0.4, 0.5) is 10.1 Å². The van der Waals surface area contributed by atoms with Crippen LogP contribution in [0.1, 0.15) is 19.3 Å². The molecule has 4 atom stereocenters. The highest BCUT2D eigenvalue weighted by atomic mass is 35.5. The summed E-state index contributed by atoms with van der Waals surface area (Å²) in [7, 11) is 3.10. The third-order valence-corrected chi connectivity index (χ3v) is 5.12. The molecule has 2 aliphatic carbocycles. The minimum atomic E-state index is -0.466. The molecule has 1 amide bonds. The van der Waals surface area contributed by atoms with Crippen molar-refractivity contribution in [3.8, 4) is 5.75 Å². The minimum absolute atomic E-state index is 0. The van der Waals surface area contributed by atoms with Crippen molar-refractivity contribution >= 4 is 24.0 Å². The van der Waals surface area contributed by atoms with Crippen LogP contribution < -0.4 is 15.4 Å². The molecule has 4 nitrogen and oxygen atoms in total. The number of halogens is 2. The third kappa shape index (κ3) is 2.68. The van der Waals surface area contributed by atoms with Gasteiger partial charge in [0.2, 0.25) is 5.91 Å². The molecule has 22 heavy (non-hydrogen) atoms. The van der Waals surface area contributed by atoms with Crippen LogP contribution in [-0.4, -0.2) is 26.1 Å². The molecule has 122 valence electrons. The summed E-state index contributed by atoms with van der Waals surface area (Å²) in [4.78, 5) is 14.2. The van der Waals surface area contributed by atoms with Crippen LogP contribution >= 0.6 is 12.4 Å². The summed E-state index contributed by atoms with van der Waals surface area (Å²) in [6, 6.07) is 4.50. The number of hydrogen-bond donors (Lipinski definition) is 1. The van der Waals surface area contributed by atoms with Gasteiger partial charge in [0.1, 0.15) is 0 Å². The van der Waals surface area contributed by atoms with E-state index in [-0.39, 0.29) is 36.0 Å². The molecular formula is C16H22ClFN2O2. The first-order valence-corrected chi connectivity index (χ1v) is 7.39. The Kier molecular flexibility index (Phi) is 4.97. The van der Waals surface area contributed by atoms with E-state index >= 15 is 0 Å². The van der Waals surface area contributed by atoms with Gasteiger partial charge in [0.05, 0.1) is 13.0 Å². The molecular weight excluding hydrogens is 307 g/mol. The summed E-state index contributed by atoms with van der Waals surface area (Å²) in [6.45, 7) is 0. The molecule has 2 fully saturated rings. The molecule has 1 aromatic carbocycles. The van der Waals surface area contributed by atoms with Crippen molar-refractivity contribution in [2.75, 3.05) is 19.1 Å². The second kappa shape index (κ2) is 6.42. The maximum Gasteiger partial charge on any atom is 0.231 e. The highest BCUT2D eigenvalue weighted by Gasteiger charge is 2.49. The number of carbonyl (C=O) groups excluding carboxylic acids is 1. The minimum Gasteiger partial charge on any atom is -0.494 e. The summed E-state index contributed by atoms with van der Waals surface area (Å²) >= 11 is 0. The standard InChI is InChI=1S/C16H21FN2O2.ClH/c1-19(11-5-6-13(21-2)12(17)8-11)16(20)14-9-3-4-10(7-9)15(14)18;/h5-6,8-10,14-15H,3-4,7,18H2,1-2H3;1H. The van der Waals surface area contributed by atoms with Crippen molar-refractivity contribution in [3.63, 3.8) is 0 Å². The van der Waals surface area contributed by atoms with Gasteiger partial charge in [0.15, 0.2) is 11.6 Å². The molecule has 6 heteroatoms. The summed E-state index contributed by atoms with van der Waals surface area (Å²) in [5, 5.41) is 0. The third-order valence-electron chi connectivity index (χ3n) is 5.12. The fourth-order valence-corrected chi connectivity index (χ4v) is 3.92. The monoisotopic (exact) mass is 328 g/mol. The number of methoxy groups -OCH3 is 1. The Balaban J connectivity index is 0.00000176. The lowest BCUT2D eigenvalue weighted by atomic mass is 9.84. The van der Waals surface area contributed by atoms with Crippen LogP contribution in [0.2, 0.25) is 0 Å². The van der Waals surface area contributed by atoms with Gasteiger partial charge in [-0.15, -0.1) is 12.4 Å². The Hall–Kier alpha value is -1.33. The van der Waals surface area contributed by atoms with Crippen molar-refractivity contribution in [2.24, 2.45) is 23.5 Å². The number of ether oxygens (including phenoxy) is 1. The van der Waals surface area contributed by atoms with Crippen molar-refractivity contribution in [1.82, 2.24) is 0 Å². The zero-order valence-corrected chi connectivity index (χ0v) is 13.6. The fourth-order valence-electron chi connectivity index (χ4n) is 3.92. The van der Waals surface area contributed by atoms with E-state index in [4.69, 9.17) is 10.5 Å². The van der Waals surface area contributed by atoms with Gasteiger partial charge in [0.25, 0.3) is 0 Å². The van der Waals surface area contributed by atoms with Crippen LogP contribution in [0.5, 0.6) is 5.75 Å². The number of anilines is 1. The predicted octanol–water partition coefficient (Wildman–Crippen LogP) is 2.59. The quantitative estimate of drug-likeness (QED) is 0.928. The van der Waals surface area contributed by atoms with Gasteiger partial charge >= 0.3 is 0 Å². The van der Waals surface area contributed by atoms with Gasteiger partial charge in [-0.05, 0) is 43.2 Å². The summed E-state index contributed by atoms with van der Waals surface area (Å²) in [6.07, 6.45) is 3.28. The fraction of sp³-hybridized carbons (Fsp3) is 0.562. The smallest absolute Gasteiger partial charge is 0.231 e. The van der Waals surface area contributed by atoms with Gasteiger partial charge in [-0.3, -0.25) is 4.79 Å². The zero-order valence-electron chi connectivity index (χ0n) is 12.8. The lowest BCUT2D eigenvalue weighted by Crippen LogP contribution is -2.46. The number of nitrogens with two attached hydrogens (primary N) is 1. The van der Waals surface area contributed by atoms with E-state index in [1.807, 2.05) is 0 Å². The number of fused-ring (bicyclic) bond motifs is 2. The first kappa shape index (κ1) is 17.0. The Morgan fingerprint density at radius 3 is 2.59 bits per heavy atom. The normalized spacial score (nSPS) is 29.1. The molecule has 1 aromatic rings. The van der Waals surface area contributed by atoms with Gasteiger partial charge in [0, 0.05) is 24.8 Å². The summed E-state index contributed by atoms with van der Waals surface area (Å²) in [5.74, 6) is 0.453. The maximum absolute atomic E-state index is 13.8. The van der Waals surface area contributed by atoms with E-state index in [2.05, 4.69) is 0 Å². The molecule has 0 aliphatic heterocycles. The van der Waals surface area contributed by atoms with Crippen LogP contribution in [0.15, 0.2) is 18.2 Å². The predicted molar refractivity (Wildman–Crippen MR) is 85.9 cm³/mol. The zero-order chi connectivity index (χ0) is 15.1. The average molecular weight is 329 g/mol. The van der Waals surface area contributed by atoms with E-state index < -0.39 is 5.82 Å². The largest absolute Gasteiger partial charge is 0.494 e. The molecule has 0 spiro atoms. The first-order chi connectivity index (χ1) is 10.0. The highest BCUT2D eigenvalue weighted by Crippen LogP contribution is 2.48. The number of amides is 1. The Labute approximate surface area is 136 Å². The topological polar surface area (TPSA) is 55.6 Å². The Morgan fingerprint density at radius 2 is 2.05 bits per heavy atom. The molecule has 3 rings (SSSR count). The molecule has 2 bridgehead atoms. The van der Waals surface area contributed by atoms with Crippen LogP contribution in [0, 0.1) is 23.6 Å². The molecule has 0 radical (unpaired) electrons. The van der Waals surface area contributed by atoms with Crippen molar-refractivity contribution in [1.29, 1.82) is 0 Å². The van der Waals surface area contributed by atoms with Gasteiger partial charge < -0.3 is 15.4 Å². The maximum atomic E-state index is 13.8. The first-order valence-electron chi connectivity index (χ1n) is 7.39. The van der Waals surface area contributed by atoms with Crippen LogP contribution in [0.25, 0.3) is 0 Å². The van der Waals surface area contributed by atoms with Gasteiger partial charge in [-0.2, -0.15) is 0 Å². The van der Waals surface area contributed by atoms with E-state index in [9.17, 15) is 9.18 Å². The highest BCUT2D eigenvalue weighted by molar-refractivity contribution is 5.95. The Morgan fingerprint density at radius 1 is 1.36 bits per heavy atom. The molecule has 2 N–H and O–H groups in total. The SMILES string of the molecule is COc1ccc(N(C)C(=O)C2C3CCC(C3)C2N)cc1F.Cl. The second-order valence-electron chi connectivity index (χ2n) is 6.15. The van der Waals surface area contributed by atoms with E-state index in [0.29, 0.717) is 17.5 Å². The number of carbonyl (C=O) groups is 1.